The normalized spacial score (nSPS) is 11.3. The largest absolute Gasteiger partial charge is 0.500 e. The van der Waals surface area contributed by atoms with Gasteiger partial charge in [-0.2, -0.15) is 8.42 Å². The Morgan fingerprint density at radius 1 is 0.579 bits per heavy atom. The maximum absolute atomic E-state index is 12.4. The van der Waals surface area contributed by atoms with Crippen LogP contribution in [-0.2, 0) is 20.5 Å². The van der Waals surface area contributed by atoms with E-state index in [4.69, 9.17) is 12.5 Å². The number of para-hydroxylation sites is 1. The van der Waals surface area contributed by atoms with Crippen LogP contribution in [0.5, 0.6) is 17.2 Å². The van der Waals surface area contributed by atoms with Crippen LogP contribution >= 0.6 is 0 Å². The number of anilines is 2. The van der Waals surface area contributed by atoms with Crippen LogP contribution in [0.15, 0.2) is 108 Å². The van der Waals surface area contributed by atoms with E-state index < -0.39 is 26.5 Å². The molecule has 0 saturated carbocycles. The van der Waals surface area contributed by atoms with E-state index in [1.54, 1.807) is 30.3 Å². The third-order valence-corrected chi connectivity index (χ3v) is 6.93. The molecular formula is C26H22N2O8S2. The zero-order chi connectivity index (χ0) is 27.2. The van der Waals surface area contributed by atoms with Crippen LogP contribution in [0.25, 0.3) is 0 Å². The third kappa shape index (κ3) is 7.48. The van der Waals surface area contributed by atoms with Gasteiger partial charge in [0.2, 0.25) is 0 Å². The number of hydrogen-bond acceptors (Lipinski definition) is 8. The number of hydrogen-bond donors (Lipinski definition) is 2. The molecule has 0 bridgehead atoms. The standard InChI is InChI=1S/C26H22N2O8S2/c1-19-7-17-25(18-8-19)37(30,31)34-23-13-9-20(10-14-23)27-26(29)28-21-11-15-24(16-12-21)36-38(32,33)35-22-5-3-2-4-6-22/h2-18H,1H3,(H2,27,28,29). The summed E-state index contributed by atoms with van der Waals surface area (Å²) >= 11 is 0. The van der Waals surface area contributed by atoms with Crippen LogP contribution in [0.3, 0.4) is 0 Å². The molecule has 4 aromatic carbocycles. The molecule has 2 N–H and O–H groups in total. The van der Waals surface area contributed by atoms with Crippen molar-refractivity contribution in [2.75, 3.05) is 10.6 Å². The highest BCUT2D eigenvalue weighted by atomic mass is 32.3. The smallest absolute Gasteiger partial charge is 0.379 e. The summed E-state index contributed by atoms with van der Waals surface area (Å²) in [5.41, 5.74) is 1.66. The van der Waals surface area contributed by atoms with Gasteiger partial charge in [0.25, 0.3) is 0 Å². The average Bonchev–Trinajstić information content (AvgIpc) is 2.87. The molecule has 0 saturated heterocycles. The minimum absolute atomic E-state index is 0.0110. The van der Waals surface area contributed by atoms with E-state index in [2.05, 4.69) is 10.6 Å². The molecule has 2 amide bonds. The second-order valence-corrected chi connectivity index (χ2v) is 10.6. The molecule has 0 unspecified atom stereocenters. The van der Waals surface area contributed by atoms with Gasteiger partial charge in [-0.25, -0.2) is 4.79 Å². The van der Waals surface area contributed by atoms with E-state index in [0.717, 1.165) is 5.56 Å². The maximum Gasteiger partial charge on any atom is 0.500 e. The van der Waals surface area contributed by atoms with Gasteiger partial charge in [0.05, 0.1) is 0 Å². The third-order valence-electron chi connectivity index (χ3n) is 4.88. The Morgan fingerprint density at radius 2 is 1.03 bits per heavy atom. The number of carbonyl (C=O) groups excluding carboxylic acids is 1. The summed E-state index contributed by atoms with van der Waals surface area (Å²) in [4.78, 5) is 12.4. The van der Waals surface area contributed by atoms with Gasteiger partial charge >= 0.3 is 26.5 Å². The van der Waals surface area contributed by atoms with E-state index in [-0.39, 0.29) is 22.1 Å². The molecule has 0 heterocycles. The molecule has 0 spiro atoms. The van der Waals surface area contributed by atoms with Crippen molar-refractivity contribution in [1.29, 1.82) is 0 Å². The predicted molar refractivity (Wildman–Crippen MR) is 141 cm³/mol. The quantitative estimate of drug-likeness (QED) is 0.272. The topological polar surface area (TPSA) is 137 Å². The van der Waals surface area contributed by atoms with E-state index in [1.807, 2.05) is 6.92 Å². The first kappa shape index (κ1) is 26.5. The van der Waals surface area contributed by atoms with Crippen molar-refractivity contribution in [1.82, 2.24) is 0 Å². The Labute approximate surface area is 220 Å². The monoisotopic (exact) mass is 554 g/mol. The van der Waals surface area contributed by atoms with Crippen molar-refractivity contribution in [2.24, 2.45) is 0 Å². The summed E-state index contributed by atoms with van der Waals surface area (Å²) < 4.78 is 63.8. The van der Waals surface area contributed by atoms with Crippen molar-refractivity contribution >= 4 is 37.9 Å². The van der Waals surface area contributed by atoms with Gasteiger partial charge < -0.3 is 23.2 Å². The molecule has 196 valence electrons. The number of nitrogens with one attached hydrogen (secondary N) is 2. The molecule has 12 heteroatoms. The van der Waals surface area contributed by atoms with Crippen LogP contribution in [0.2, 0.25) is 0 Å². The second-order valence-electron chi connectivity index (χ2n) is 7.87. The van der Waals surface area contributed by atoms with E-state index >= 15 is 0 Å². The number of rotatable bonds is 9. The summed E-state index contributed by atoms with van der Waals surface area (Å²) in [5, 5.41) is 5.18. The van der Waals surface area contributed by atoms with E-state index in [1.165, 1.54) is 72.8 Å². The lowest BCUT2D eigenvalue weighted by atomic mass is 10.2. The Hall–Kier alpha value is -4.55. The first-order valence-corrected chi connectivity index (χ1v) is 13.8. The molecule has 0 aliphatic heterocycles. The number of carbonyl (C=O) groups is 1. The van der Waals surface area contributed by atoms with Crippen LogP contribution in [0, 0.1) is 6.92 Å². The van der Waals surface area contributed by atoms with Crippen molar-refractivity contribution < 1.29 is 34.2 Å². The SMILES string of the molecule is Cc1ccc(S(=O)(=O)Oc2ccc(NC(=O)Nc3ccc(OS(=O)(=O)Oc4ccccc4)cc3)cc2)cc1. The zero-order valence-electron chi connectivity index (χ0n) is 19.9. The van der Waals surface area contributed by atoms with Crippen LogP contribution in [0.1, 0.15) is 5.56 Å². The first-order chi connectivity index (χ1) is 18.1. The number of urea groups is 1. The molecule has 10 nitrogen and oxygen atoms in total. The van der Waals surface area contributed by atoms with Gasteiger partial charge in [0, 0.05) is 11.4 Å². The van der Waals surface area contributed by atoms with Crippen molar-refractivity contribution in [3.8, 4) is 17.2 Å². The summed E-state index contributed by atoms with van der Waals surface area (Å²) in [6.45, 7) is 1.85. The van der Waals surface area contributed by atoms with E-state index in [9.17, 15) is 21.6 Å². The maximum atomic E-state index is 12.4. The lowest BCUT2D eigenvalue weighted by Gasteiger charge is -2.11. The zero-order valence-corrected chi connectivity index (χ0v) is 21.5. The molecule has 0 aromatic heterocycles. The minimum atomic E-state index is -4.34. The lowest BCUT2D eigenvalue weighted by Crippen LogP contribution is -2.19. The Balaban J connectivity index is 1.30. The van der Waals surface area contributed by atoms with Crippen LogP contribution < -0.4 is 23.2 Å². The van der Waals surface area contributed by atoms with Gasteiger partial charge in [0.15, 0.2) is 0 Å². The lowest BCUT2D eigenvalue weighted by molar-refractivity contribution is 0.262. The van der Waals surface area contributed by atoms with Gasteiger partial charge in [-0.1, -0.05) is 35.9 Å². The van der Waals surface area contributed by atoms with Gasteiger partial charge in [0.1, 0.15) is 22.1 Å². The van der Waals surface area contributed by atoms with Gasteiger partial charge in [-0.05, 0) is 79.7 Å². The fraction of sp³-hybridized carbons (Fsp3) is 0.0385. The Morgan fingerprint density at radius 3 is 1.53 bits per heavy atom. The van der Waals surface area contributed by atoms with Crippen molar-refractivity contribution in [3.63, 3.8) is 0 Å². The molecule has 0 atom stereocenters. The highest BCUT2D eigenvalue weighted by Crippen LogP contribution is 2.22. The van der Waals surface area contributed by atoms with Crippen molar-refractivity contribution in [2.45, 2.75) is 11.8 Å². The van der Waals surface area contributed by atoms with E-state index in [0.29, 0.717) is 11.4 Å². The van der Waals surface area contributed by atoms with Crippen LogP contribution in [0.4, 0.5) is 16.2 Å². The highest BCUT2D eigenvalue weighted by molar-refractivity contribution is 7.87. The molecule has 0 radical (unpaired) electrons. The van der Waals surface area contributed by atoms with Gasteiger partial charge in [-0.15, -0.1) is 8.42 Å². The Kier molecular flexibility index (Phi) is 7.84. The summed E-state index contributed by atoms with van der Waals surface area (Å²) in [5.74, 6) is 0.177. The molecule has 4 aromatic rings. The number of amides is 2. The number of benzene rings is 4. The molecular weight excluding hydrogens is 532 g/mol. The number of aryl methyl sites for hydroxylation is 1. The minimum Gasteiger partial charge on any atom is -0.379 e. The summed E-state index contributed by atoms with van der Waals surface area (Å²) in [6, 6.07) is 24.9. The molecule has 0 aliphatic carbocycles. The average molecular weight is 555 g/mol. The fourth-order valence-corrected chi connectivity index (χ4v) is 4.75. The summed E-state index contributed by atoms with van der Waals surface area (Å²) in [7, 11) is -8.34. The fourth-order valence-electron chi connectivity index (χ4n) is 3.09. The second kappa shape index (κ2) is 11.2. The molecule has 38 heavy (non-hydrogen) atoms. The molecule has 4 rings (SSSR count). The predicted octanol–water partition coefficient (Wildman–Crippen LogP) is 5.11. The Bertz CT molecular complexity index is 1610. The van der Waals surface area contributed by atoms with Crippen LogP contribution in [-0.4, -0.2) is 22.9 Å². The van der Waals surface area contributed by atoms with Crippen molar-refractivity contribution in [3.05, 3.63) is 109 Å². The molecule has 0 aliphatic rings. The summed E-state index contributed by atoms with van der Waals surface area (Å²) in [6.07, 6.45) is 0. The first-order valence-electron chi connectivity index (χ1n) is 11.1. The highest BCUT2D eigenvalue weighted by Gasteiger charge is 2.17. The molecule has 0 fully saturated rings. The van der Waals surface area contributed by atoms with Gasteiger partial charge in [-0.3, -0.25) is 0 Å².